The zero-order valence-corrected chi connectivity index (χ0v) is 22.0. The molecular weight excluding hydrogens is 535 g/mol. The fourth-order valence-corrected chi connectivity index (χ4v) is 5.77. The highest BCUT2D eigenvalue weighted by molar-refractivity contribution is 6.35. The Morgan fingerprint density at radius 1 is 0.943 bits per heavy atom. The summed E-state index contributed by atoms with van der Waals surface area (Å²) < 4.78 is 12.7. The van der Waals surface area contributed by atoms with Gasteiger partial charge >= 0.3 is 0 Å². The minimum Gasteiger partial charge on any atom is -0.343 e. The third-order valence-corrected chi connectivity index (χ3v) is 7.67. The van der Waals surface area contributed by atoms with Crippen LogP contribution in [0.4, 0.5) is 4.39 Å². The van der Waals surface area contributed by atoms with Gasteiger partial charge in [-0.15, -0.1) is 0 Å². The van der Waals surface area contributed by atoms with E-state index in [-0.39, 0.29) is 18.2 Å². The Morgan fingerprint density at radius 2 is 1.60 bits per heavy atom. The molecule has 2 aliphatic rings. The summed E-state index contributed by atoms with van der Waals surface area (Å²) in [6, 6.07) is 9.39. The first-order valence-electron chi connectivity index (χ1n) is 11.5. The van der Waals surface area contributed by atoms with Gasteiger partial charge in [-0.25, -0.2) is 4.39 Å². The number of nitrogens with one attached hydrogen (secondary N) is 1. The molecule has 4 rings (SSSR count). The zero-order valence-electron chi connectivity index (χ0n) is 19.0. The molecule has 2 amide bonds. The van der Waals surface area contributed by atoms with Crippen molar-refractivity contribution in [3.8, 4) is 0 Å². The van der Waals surface area contributed by atoms with Crippen LogP contribution < -0.4 is 5.32 Å². The molecular formula is C25H26Cl4FN3O2. The molecule has 0 radical (unpaired) electrons. The quantitative estimate of drug-likeness (QED) is 0.484. The van der Waals surface area contributed by atoms with Crippen LogP contribution in [0, 0.1) is 0 Å². The number of amides is 2. The van der Waals surface area contributed by atoms with Crippen molar-refractivity contribution < 1.29 is 14.0 Å². The lowest BCUT2D eigenvalue weighted by Crippen LogP contribution is -2.56. The average molecular weight is 561 g/mol. The maximum Gasteiger partial charge on any atom is 0.245 e. The van der Waals surface area contributed by atoms with Crippen LogP contribution in [-0.4, -0.2) is 67.1 Å². The van der Waals surface area contributed by atoms with Gasteiger partial charge in [-0.3, -0.25) is 14.5 Å². The van der Waals surface area contributed by atoms with Crippen LogP contribution in [0.15, 0.2) is 36.4 Å². The van der Waals surface area contributed by atoms with E-state index >= 15 is 0 Å². The van der Waals surface area contributed by atoms with Gasteiger partial charge in [0.25, 0.3) is 0 Å². The Balaban J connectivity index is 1.55. The second kappa shape index (κ2) is 11.2. The van der Waals surface area contributed by atoms with Crippen molar-refractivity contribution in [2.75, 3.05) is 39.4 Å². The Hall–Kier alpha value is -1.57. The molecule has 1 aliphatic heterocycles. The van der Waals surface area contributed by atoms with E-state index < -0.39 is 18.1 Å². The molecule has 2 aromatic carbocycles. The predicted octanol–water partition coefficient (Wildman–Crippen LogP) is 5.17. The molecule has 35 heavy (non-hydrogen) atoms. The molecule has 0 unspecified atom stereocenters. The summed E-state index contributed by atoms with van der Waals surface area (Å²) in [5, 5.41) is 4.83. The molecule has 0 bridgehead atoms. The van der Waals surface area contributed by atoms with Gasteiger partial charge in [-0.1, -0.05) is 52.5 Å². The molecule has 188 valence electrons. The summed E-state index contributed by atoms with van der Waals surface area (Å²) in [5.41, 5.74) is 0.663. The van der Waals surface area contributed by atoms with E-state index in [2.05, 4.69) is 5.32 Å². The first kappa shape index (κ1) is 26.5. The van der Waals surface area contributed by atoms with E-state index in [0.717, 1.165) is 5.56 Å². The van der Waals surface area contributed by atoms with Crippen LogP contribution in [0.5, 0.6) is 0 Å². The van der Waals surface area contributed by atoms with E-state index in [4.69, 9.17) is 46.4 Å². The minimum absolute atomic E-state index is 0.188. The molecule has 1 saturated heterocycles. The number of carbonyl (C=O) groups excluding carboxylic acids is 2. The maximum atomic E-state index is 13.6. The summed E-state index contributed by atoms with van der Waals surface area (Å²) >= 11 is 24.8. The summed E-state index contributed by atoms with van der Waals surface area (Å²) in [5.74, 6) is -0.434. The zero-order chi connectivity index (χ0) is 25.2. The van der Waals surface area contributed by atoms with Gasteiger partial charge in [0.2, 0.25) is 11.8 Å². The summed E-state index contributed by atoms with van der Waals surface area (Å²) in [6.45, 7) is 2.05. The van der Waals surface area contributed by atoms with E-state index in [1.165, 1.54) is 0 Å². The normalized spacial score (nSPS) is 18.3. The van der Waals surface area contributed by atoms with Crippen LogP contribution >= 0.6 is 46.4 Å². The Morgan fingerprint density at radius 3 is 2.17 bits per heavy atom. The van der Waals surface area contributed by atoms with Crippen molar-refractivity contribution in [3.63, 3.8) is 0 Å². The van der Waals surface area contributed by atoms with Crippen molar-refractivity contribution in [3.05, 3.63) is 67.6 Å². The van der Waals surface area contributed by atoms with Gasteiger partial charge in [0.15, 0.2) is 0 Å². The number of alkyl halides is 1. The molecule has 5 nitrogen and oxygen atoms in total. The van der Waals surface area contributed by atoms with Crippen molar-refractivity contribution in [2.24, 2.45) is 0 Å². The molecule has 0 aromatic heterocycles. The first-order chi connectivity index (χ1) is 16.7. The second-order valence-electron chi connectivity index (χ2n) is 9.07. The molecule has 10 heteroatoms. The Kier molecular flexibility index (Phi) is 8.49. The Bertz CT molecular complexity index is 1080. The van der Waals surface area contributed by atoms with Gasteiger partial charge in [0.1, 0.15) is 12.7 Å². The van der Waals surface area contributed by atoms with Crippen LogP contribution in [0.2, 0.25) is 20.1 Å². The van der Waals surface area contributed by atoms with Gasteiger partial charge in [0.05, 0.1) is 5.41 Å². The van der Waals surface area contributed by atoms with Crippen LogP contribution in [0.1, 0.15) is 24.0 Å². The first-order valence-corrected chi connectivity index (χ1v) is 13.0. The van der Waals surface area contributed by atoms with Crippen LogP contribution in [0.25, 0.3) is 0 Å². The van der Waals surface area contributed by atoms with Crippen molar-refractivity contribution >= 4 is 58.2 Å². The highest BCUT2D eigenvalue weighted by Gasteiger charge is 2.53. The van der Waals surface area contributed by atoms with Gasteiger partial charge in [0, 0.05) is 59.2 Å². The van der Waals surface area contributed by atoms with Crippen LogP contribution in [0.3, 0.4) is 0 Å². The molecule has 1 N–H and O–H groups in total. The highest BCUT2D eigenvalue weighted by Crippen LogP contribution is 2.51. The number of benzene rings is 2. The molecule has 1 heterocycles. The summed E-state index contributed by atoms with van der Waals surface area (Å²) in [4.78, 5) is 30.8. The molecule has 2 aromatic rings. The van der Waals surface area contributed by atoms with E-state index in [0.29, 0.717) is 71.2 Å². The largest absolute Gasteiger partial charge is 0.343 e. The third kappa shape index (κ3) is 6.23. The lowest BCUT2D eigenvalue weighted by Gasteiger charge is -2.36. The lowest BCUT2D eigenvalue weighted by molar-refractivity contribution is -0.138. The fraction of sp³-hybridized carbons (Fsp3) is 0.440. The highest BCUT2D eigenvalue weighted by atomic mass is 35.5. The summed E-state index contributed by atoms with van der Waals surface area (Å²) in [7, 11) is 0. The predicted molar refractivity (Wildman–Crippen MR) is 138 cm³/mol. The average Bonchev–Trinajstić information content (AvgIpc) is 3.60. The van der Waals surface area contributed by atoms with E-state index in [1.807, 2.05) is 4.90 Å². The molecule has 0 spiro atoms. The van der Waals surface area contributed by atoms with E-state index in [9.17, 15) is 14.0 Å². The van der Waals surface area contributed by atoms with Gasteiger partial charge in [-0.05, 0) is 54.3 Å². The van der Waals surface area contributed by atoms with Crippen molar-refractivity contribution in [2.45, 2.75) is 30.7 Å². The monoisotopic (exact) mass is 559 g/mol. The van der Waals surface area contributed by atoms with Crippen molar-refractivity contribution in [1.29, 1.82) is 0 Å². The SMILES string of the molecule is O=C([C@H](Cc1cc(Cl)cc(Cl)c1)NC(=O)C1(c2ccc(Cl)cc2Cl)CC1)N1CCN(CCF)CC1. The lowest BCUT2D eigenvalue weighted by atomic mass is 9.93. The maximum absolute atomic E-state index is 13.6. The van der Waals surface area contributed by atoms with Crippen molar-refractivity contribution in [1.82, 2.24) is 15.1 Å². The number of rotatable bonds is 8. The molecule has 1 aliphatic carbocycles. The standard InChI is InChI=1S/C25H26Cl4FN3O2/c26-17-1-2-20(21(29)15-17)25(3-4-25)24(35)31-22(13-16-11-18(27)14-19(28)12-16)23(34)33-9-7-32(6-5-30)8-10-33/h1-2,11-12,14-15,22H,3-10,13H2,(H,31,35)/t22-/m0/s1. The minimum atomic E-state index is -0.812. The number of halogens is 5. The number of carbonyl (C=O) groups is 2. The fourth-order valence-electron chi connectivity index (χ4n) is 4.61. The van der Waals surface area contributed by atoms with Gasteiger partial charge in [-0.2, -0.15) is 0 Å². The summed E-state index contributed by atoms with van der Waals surface area (Å²) in [6.07, 6.45) is 1.50. The number of hydrogen-bond donors (Lipinski definition) is 1. The Labute approximate surface area is 224 Å². The topological polar surface area (TPSA) is 52.7 Å². The molecule has 2 fully saturated rings. The smallest absolute Gasteiger partial charge is 0.245 e. The number of hydrogen-bond acceptors (Lipinski definition) is 3. The number of nitrogens with zero attached hydrogens (tertiary/aromatic N) is 2. The molecule has 1 saturated carbocycles. The second-order valence-corrected chi connectivity index (χ2v) is 10.8. The van der Waals surface area contributed by atoms with Crippen LogP contribution in [-0.2, 0) is 21.4 Å². The molecule has 1 atom stereocenters. The van der Waals surface area contributed by atoms with Gasteiger partial charge < -0.3 is 10.2 Å². The third-order valence-electron chi connectivity index (χ3n) is 6.68. The van der Waals surface area contributed by atoms with E-state index in [1.54, 1.807) is 41.3 Å². The number of piperazine rings is 1.